The molecule has 0 saturated heterocycles. The largest absolute Gasteiger partial charge is 1.00 e. The van der Waals surface area contributed by atoms with Crippen LogP contribution in [-0.2, 0) is 14.2 Å². The summed E-state index contributed by atoms with van der Waals surface area (Å²) in [5, 5.41) is 29.2. The van der Waals surface area contributed by atoms with Crippen molar-refractivity contribution >= 4 is 138 Å². The normalized spacial score (nSPS) is 12.8. The van der Waals surface area contributed by atoms with Gasteiger partial charge >= 0.3 is 53.4 Å². The standard InChI is InChI=1S/C18H17N5O2.C17H15N5O2.C10H11ClN2O2.C8H7N3.C7H5Cl2NO2.C3H7N.CH4.H3N.Na.H2O/c1-25-18(24)13-10-20-17(8-15(13)21-12-3-4-12)23-16-5-2-11-9-19-7-6-14(11)22-16;23-17(24)12-9-19-16(7-14(12)20-11-2-3-11)22-15-4-1-10-8-18-6-5-13(10)21-15;1-15-10(14)7-5-12-9(11)4-8(7)13-6-2-3-6;9-8-2-1-6-5-10-4-3-7(6)11-8;1-12-7(11)4-3-10-6(9)2-5(4)8;4-3-1-2-3;;;;/h2,5-10,12H,3-4H2,1H3,(H2,20,21,22,23);1,4-9,11H,2-3H2,(H,23,24)(H2,19,20,21,22);4-6H,2-3H2,1H3,(H,12,13);1-5H,(H2,9,11);2-3H,1H3;3H,1-2,4H2;1H4;1H3;;1H2/q;;;;;;;;+1;/p-1. The molecule has 0 radical (unpaired) electrons. The number of carboxylic acids is 1. The van der Waals surface area contributed by atoms with E-state index in [1.807, 2.05) is 54.6 Å². The number of nitrogen functional groups attached to an aromatic ring is 1. The van der Waals surface area contributed by atoms with Crippen LogP contribution in [0.3, 0.4) is 0 Å². The summed E-state index contributed by atoms with van der Waals surface area (Å²) in [4.78, 5) is 86.9. The van der Waals surface area contributed by atoms with Crippen molar-refractivity contribution in [3.63, 3.8) is 0 Å². The van der Waals surface area contributed by atoms with Gasteiger partial charge in [0.05, 0.1) is 65.5 Å². The summed E-state index contributed by atoms with van der Waals surface area (Å²) in [6, 6.07) is 25.1. The van der Waals surface area contributed by atoms with Gasteiger partial charge in [0.15, 0.2) is 0 Å². The molecular formula is C64H70Cl3N18NaO9. The van der Waals surface area contributed by atoms with Crippen LogP contribution >= 0.6 is 34.8 Å². The van der Waals surface area contributed by atoms with Gasteiger partial charge in [-0.3, -0.25) is 15.0 Å². The molecule has 4 fully saturated rings. The van der Waals surface area contributed by atoms with Gasteiger partial charge in [0.25, 0.3) is 0 Å². The average Bonchev–Trinajstić information content (AvgIpc) is 1.83. The summed E-state index contributed by atoms with van der Waals surface area (Å²) in [5.41, 5.74) is 16.5. The van der Waals surface area contributed by atoms with Crippen molar-refractivity contribution in [2.24, 2.45) is 5.73 Å². The zero-order valence-corrected chi connectivity index (χ0v) is 55.7. The summed E-state index contributed by atoms with van der Waals surface area (Å²) < 4.78 is 13.9. The minimum Gasteiger partial charge on any atom is -0.870 e. The van der Waals surface area contributed by atoms with Crippen molar-refractivity contribution in [1.29, 1.82) is 0 Å². The maximum absolute atomic E-state index is 11.9. The van der Waals surface area contributed by atoms with E-state index in [1.54, 1.807) is 55.4 Å². The molecule has 10 heterocycles. The number of halogens is 3. The Hall–Kier alpha value is -9.29. The number of ether oxygens (including phenoxy) is 3. The van der Waals surface area contributed by atoms with Crippen molar-refractivity contribution in [3.8, 4) is 0 Å². The molecule has 0 spiro atoms. The maximum Gasteiger partial charge on any atom is 1.00 e. The first-order chi connectivity index (χ1) is 44.0. The summed E-state index contributed by atoms with van der Waals surface area (Å²) in [6.07, 6.45) is 25.1. The van der Waals surface area contributed by atoms with Gasteiger partial charge in [-0.05, 0) is 118 Å². The summed E-state index contributed by atoms with van der Waals surface area (Å²) in [6.45, 7) is 0. The number of nitrogens with two attached hydrogens (primary N) is 2. The van der Waals surface area contributed by atoms with Crippen LogP contribution in [0.25, 0.3) is 32.7 Å². The maximum atomic E-state index is 11.9. The number of carbonyl (C=O) groups is 4. The zero-order chi connectivity index (χ0) is 64.4. The minimum absolute atomic E-state index is 0. The van der Waals surface area contributed by atoms with Crippen LogP contribution in [0.1, 0.15) is 100 Å². The van der Waals surface area contributed by atoms with Crippen molar-refractivity contribution in [2.75, 3.05) is 53.6 Å². The second kappa shape index (κ2) is 37.0. The SMILES string of the molecule is C.COC(=O)c1cnc(Cl)cc1Cl.COC(=O)c1cnc(Cl)cc1NC1CC1.COC(=O)c1cnc(Nc2ccc3cnccc3n2)cc1NC1CC1.N.NC1CC1.Nc1ccc2cnccc2n1.O=C(O)c1cnc(Nc2ccc3cnccc3n2)cc1NC1CC1.[Na+].[OH-]. The number of aromatic nitrogens is 10. The van der Waals surface area contributed by atoms with Gasteiger partial charge in [-0.2, -0.15) is 0 Å². The summed E-state index contributed by atoms with van der Waals surface area (Å²) in [5.74, 6) is 0.694. The molecule has 4 aliphatic rings. The topological polar surface area (TPSA) is 422 Å². The molecule has 4 aliphatic carbocycles. The molecular weight excluding hydrogens is 1290 g/mol. The zero-order valence-electron chi connectivity index (χ0n) is 51.5. The molecule has 14 N–H and O–H groups in total. The Morgan fingerprint density at radius 1 is 0.484 bits per heavy atom. The van der Waals surface area contributed by atoms with Gasteiger partial charge < -0.3 is 69.0 Å². The van der Waals surface area contributed by atoms with Crippen LogP contribution in [0.5, 0.6) is 0 Å². The second-order valence-corrected chi connectivity index (χ2v) is 21.9. The van der Waals surface area contributed by atoms with E-state index in [2.05, 4.69) is 85.9 Å². The van der Waals surface area contributed by atoms with Crippen LogP contribution in [0.4, 0.5) is 46.2 Å². The monoisotopic (exact) mass is 1360 g/mol. The Morgan fingerprint density at radius 3 is 1.24 bits per heavy atom. The van der Waals surface area contributed by atoms with E-state index < -0.39 is 23.9 Å². The van der Waals surface area contributed by atoms with E-state index in [4.69, 9.17) is 51.0 Å². The molecule has 27 nitrogen and oxygen atoms in total. The quantitative estimate of drug-likeness (QED) is 0.0212. The van der Waals surface area contributed by atoms with E-state index in [9.17, 15) is 24.3 Å². The van der Waals surface area contributed by atoms with E-state index in [-0.39, 0.29) is 69.9 Å². The molecule has 0 atom stereocenters. The van der Waals surface area contributed by atoms with E-state index in [0.29, 0.717) is 80.9 Å². The average molecular weight is 1360 g/mol. The van der Waals surface area contributed by atoms with Gasteiger partial charge in [-0.1, -0.05) is 42.2 Å². The number of carbonyl (C=O) groups excluding carboxylic acids is 3. The number of hydrogen-bond acceptors (Lipinski definition) is 26. The molecule has 10 aromatic heterocycles. The fraction of sp³-hybridized carbons (Fsp3) is 0.250. The van der Waals surface area contributed by atoms with Crippen LogP contribution in [0.2, 0.25) is 15.3 Å². The molecule has 0 aliphatic heterocycles. The van der Waals surface area contributed by atoms with E-state index in [1.165, 1.54) is 65.0 Å². The Kier molecular flexibility index (Phi) is 29.7. The Bertz CT molecular complexity index is 4230. The number of aromatic carboxylic acids is 1. The molecule has 14 rings (SSSR count). The number of methoxy groups -OCH3 is 3. The molecule has 0 bridgehead atoms. The molecule has 4 saturated carbocycles. The van der Waals surface area contributed by atoms with Crippen LogP contribution in [0, 0.1) is 0 Å². The third kappa shape index (κ3) is 23.6. The van der Waals surface area contributed by atoms with Gasteiger partial charge in [-0.25, -0.2) is 54.1 Å². The van der Waals surface area contributed by atoms with Crippen molar-refractivity contribution in [2.45, 2.75) is 83.0 Å². The van der Waals surface area contributed by atoms with Crippen molar-refractivity contribution in [1.82, 2.24) is 56.0 Å². The fourth-order valence-corrected chi connectivity index (χ4v) is 8.57. The Morgan fingerprint density at radius 2 is 0.842 bits per heavy atom. The smallest absolute Gasteiger partial charge is 0.870 e. The number of fused-ring (bicyclic) bond motifs is 3. The first kappa shape index (κ1) is 76.4. The molecule has 0 unspecified atom stereocenters. The summed E-state index contributed by atoms with van der Waals surface area (Å²) in [7, 11) is 3.98. The molecule has 0 aromatic carbocycles. The van der Waals surface area contributed by atoms with E-state index in [0.717, 1.165) is 76.9 Å². The number of carboxylic acid groups (broad SMARTS) is 1. The fourth-order valence-electron chi connectivity index (χ4n) is 7.97. The number of nitrogens with one attached hydrogen (secondary N) is 5. The molecule has 492 valence electrons. The molecule has 0 amide bonds. The molecule has 31 heteroatoms. The summed E-state index contributed by atoms with van der Waals surface area (Å²) >= 11 is 17.0. The van der Waals surface area contributed by atoms with Gasteiger partial charge in [-0.15, -0.1) is 0 Å². The minimum atomic E-state index is -0.992. The van der Waals surface area contributed by atoms with Gasteiger partial charge in [0, 0.05) is 114 Å². The predicted octanol–water partition coefficient (Wildman–Crippen LogP) is 9.39. The van der Waals surface area contributed by atoms with E-state index >= 15 is 0 Å². The van der Waals surface area contributed by atoms with Crippen LogP contribution < -0.4 is 73.8 Å². The third-order valence-electron chi connectivity index (χ3n) is 13.4. The van der Waals surface area contributed by atoms with Crippen molar-refractivity contribution < 1.29 is 73.5 Å². The second-order valence-electron chi connectivity index (χ2n) is 20.7. The van der Waals surface area contributed by atoms with Gasteiger partial charge in [0.1, 0.15) is 56.1 Å². The molecule has 10 aromatic rings. The number of rotatable bonds is 14. The third-order valence-corrected chi connectivity index (χ3v) is 14.1. The number of nitrogens with zero attached hydrogens (tertiary/aromatic N) is 10. The van der Waals surface area contributed by atoms with Crippen molar-refractivity contribution in [3.05, 3.63) is 178 Å². The number of anilines is 8. The Labute approximate surface area is 583 Å². The van der Waals surface area contributed by atoms with Gasteiger partial charge in [0.2, 0.25) is 0 Å². The van der Waals surface area contributed by atoms with Crippen LogP contribution in [0.15, 0.2) is 141 Å². The van der Waals surface area contributed by atoms with Crippen LogP contribution in [-0.4, -0.2) is 130 Å². The first-order valence-corrected chi connectivity index (χ1v) is 29.6. The number of esters is 3. The first-order valence-electron chi connectivity index (χ1n) is 28.4. The Balaban J connectivity index is 0.000000216. The predicted molar refractivity (Wildman–Crippen MR) is 363 cm³/mol. The molecule has 95 heavy (non-hydrogen) atoms. The number of hydrogen-bond donors (Lipinski definition) is 9. The number of pyridine rings is 10.